The number of aliphatic imine (C=N–C) groups is 1. The molecular formula is C30H32FN7. The fourth-order valence-electron chi connectivity index (χ4n) is 5.79. The van der Waals surface area contributed by atoms with E-state index >= 15 is 0 Å². The minimum Gasteiger partial charge on any atom is -0.383 e. The van der Waals surface area contributed by atoms with E-state index in [4.69, 9.17) is 15.8 Å². The lowest BCUT2D eigenvalue weighted by Gasteiger charge is -2.39. The molecule has 1 atom stereocenters. The van der Waals surface area contributed by atoms with Gasteiger partial charge in [0.1, 0.15) is 35.5 Å². The van der Waals surface area contributed by atoms with Crippen molar-refractivity contribution in [2.24, 2.45) is 4.99 Å². The molecule has 3 heterocycles. The van der Waals surface area contributed by atoms with Crippen LogP contribution in [0.25, 0.3) is 28.0 Å². The molecule has 2 aromatic heterocycles. The lowest BCUT2D eigenvalue weighted by Crippen LogP contribution is -2.43. The largest absolute Gasteiger partial charge is 0.383 e. The van der Waals surface area contributed by atoms with E-state index in [1.54, 1.807) is 6.07 Å². The minimum absolute atomic E-state index is 0.209. The van der Waals surface area contributed by atoms with E-state index in [-0.39, 0.29) is 17.9 Å². The summed E-state index contributed by atoms with van der Waals surface area (Å²) in [6, 6.07) is 13.3. The van der Waals surface area contributed by atoms with E-state index in [1.165, 1.54) is 18.0 Å². The molecule has 0 bridgehead atoms. The topological polar surface area (TPSA) is 85.2 Å². The third kappa shape index (κ3) is 3.86. The third-order valence-corrected chi connectivity index (χ3v) is 7.85. The van der Waals surface area contributed by atoms with Gasteiger partial charge in [-0.25, -0.2) is 24.0 Å². The number of nitrogens with zero attached hydrogens (tertiary/aromatic N) is 6. The fraction of sp³-hybridized carbons (Fsp3) is 0.333. The van der Waals surface area contributed by atoms with Crippen LogP contribution in [0.5, 0.6) is 0 Å². The molecular weight excluding hydrogens is 477 g/mol. The standard InChI is InChI=1S/C30H32FN7/c1-17(2)20-12-14-21(15-13-20)27-26-28(32)33-16-34-30(26)38(36-27)19(4)29-35-24-11-7-10-23(31)25(24)18(3)37(29)22-8-5-6-9-22/h7,10-17,19,22H,3,5-6,8-9H2,1-2,4H3,(H2,32,33,34). The third-order valence-electron chi connectivity index (χ3n) is 7.85. The van der Waals surface area contributed by atoms with Crippen LogP contribution in [0, 0.1) is 5.82 Å². The second kappa shape index (κ2) is 9.35. The van der Waals surface area contributed by atoms with Gasteiger partial charge >= 0.3 is 0 Å². The number of fused-ring (bicyclic) bond motifs is 2. The molecule has 8 heteroatoms. The summed E-state index contributed by atoms with van der Waals surface area (Å²) in [5.41, 5.74) is 11.7. The fourth-order valence-corrected chi connectivity index (χ4v) is 5.79. The van der Waals surface area contributed by atoms with Gasteiger partial charge in [-0.1, -0.05) is 63.6 Å². The average molecular weight is 510 g/mol. The zero-order valence-corrected chi connectivity index (χ0v) is 22.0. The number of hydrogen-bond acceptors (Lipinski definition) is 6. The van der Waals surface area contributed by atoms with Crippen LogP contribution in [0.3, 0.4) is 0 Å². The first kappa shape index (κ1) is 24.3. The maximum Gasteiger partial charge on any atom is 0.164 e. The first-order valence-corrected chi connectivity index (χ1v) is 13.3. The summed E-state index contributed by atoms with van der Waals surface area (Å²) in [5.74, 6) is 1.29. The number of aromatic nitrogens is 4. The summed E-state index contributed by atoms with van der Waals surface area (Å²) in [6.45, 7) is 10.7. The van der Waals surface area contributed by atoms with Crippen LogP contribution < -0.4 is 5.73 Å². The predicted octanol–water partition coefficient (Wildman–Crippen LogP) is 6.86. The van der Waals surface area contributed by atoms with E-state index in [0.29, 0.717) is 39.7 Å². The predicted molar refractivity (Wildman–Crippen MR) is 151 cm³/mol. The zero-order chi connectivity index (χ0) is 26.6. The monoisotopic (exact) mass is 509 g/mol. The number of nitrogen functional groups attached to an aromatic ring is 1. The van der Waals surface area contributed by atoms with E-state index < -0.39 is 0 Å². The van der Waals surface area contributed by atoms with Gasteiger partial charge in [0.2, 0.25) is 0 Å². The molecule has 194 valence electrons. The van der Waals surface area contributed by atoms with Crippen LogP contribution in [0.2, 0.25) is 0 Å². The van der Waals surface area contributed by atoms with Gasteiger partial charge in [-0.2, -0.15) is 5.10 Å². The van der Waals surface area contributed by atoms with Gasteiger partial charge in [0.25, 0.3) is 0 Å². The SMILES string of the molecule is C=C1c2c(F)cccc2N=C(C(C)n2nc(-c3ccc(C(C)C)cc3)c3c(N)ncnc32)N1C1CCCC1. The molecule has 7 nitrogen and oxygen atoms in total. The van der Waals surface area contributed by atoms with E-state index in [0.717, 1.165) is 42.8 Å². The lowest BCUT2D eigenvalue weighted by molar-refractivity contribution is 0.396. The Morgan fingerprint density at radius 2 is 1.76 bits per heavy atom. The number of amidine groups is 1. The zero-order valence-electron chi connectivity index (χ0n) is 22.0. The second-order valence-corrected chi connectivity index (χ2v) is 10.6. The maximum absolute atomic E-state index is 14.9. The highest BCUT2D eigenvalue weighted by Gasteiger charge is 2.36. The number of halogens is 1. The summed E-state index contributed by atoms with van der Waals surface area (Å²) in [7, 11) is 0. The van der Waals surface area contributed by atoms with Crippen LogP contribution in [-0.4, -0.2) is 36.5 Å². The highest BCUT2D eigenvalue weighted by Crippen LogP contribution is 2.42. The molecule has 2 aromatic carbocycles. The van der Waals surface area contributed by atoms with Gasteiger partial charge in [-0.15, -0.1) is 0 Å². The van der Waals surface area contributed by atoms with Crippen molar-refractivity contribution in [1.82, 2.24) is 24.6 Å². The first-order valence-electron chi connectivity index (χ1n) is 13.3. The molecule has 0 radical (unpaired) electrons. The van der Waals surface area contributed by atoms with Crippen LogP contribution in [0.15, 0.2) is 60.4 Å². The van der Waals surface area contributed by atoms with Crippen LogP contribution in [-0.2, 0) is 0 Å². The molecule has 0 saturated heterocycles. The molecule has 6 rings (SSSR count). The van der Waals surface area contributed by atoms with Crippen molar-refractivity contribution in [3.63, 3.8) is 0 Å². The van der Waals surface area contributed by atoms with Crippen LogP contribution >= 0.6 is 0 Å². The summed E-state index contributed by atoms with van der Waals surface area (Å²) < 4.78 is 16.8. The van der Waals surface area contributed by atoms with Crippen molar-refractivity contribution < 1.29 is 4.39 Å². The van der Waals surface area contributed by atoms with E-state index in [1.807, 2.05) is 10.7 Å². The number of nitrogens with two attached hydrogens (primary N) is 1. The van der Waals surface area contributed by atoms with Crippen LogP contribution in [0.1, 0.15) is 69.5 Å². The average Bonchev–Trinajstić information content (AvgIpc) is 3.57. The first-order chi connectivity index (χ1) is 18.3. The molecule has 2 aliphatic rings. The Morgan fingerprint density at radius 1 is 1.03 bits per heavy atom. The quantitative estimate of drug-likeness (QED) is 0.318. The van der Waals surface area contributed by atoms with Crippen molar-refractivity contribution in [2.75, 3.05) is 5.73 Å². The Labute approximate surface area is 221 Å². The molecule has 1 aliphatic heterocycles. The molecule has 1 fully saturated rings. The number of benzene rings is 2. The van der Waals surface area contributed by atoms with Gasteiger partial charge < -0.3 is 10.6 Å². The Kier molecular flexibility index (Phi) is 5.97. The molecule has 1 aliphatic carbocycles. The molecule has 38 heavy (non-hydrogen) atoms. The molecule has 1 unspecified atom stereocenters. The normalized spacial score (nSPS) is 16.8. The molecule has 0 spiro atoms. The van der Waals surface area contributed by atoms with Gasteiger partial charge in [0.05, 0.1) is 16.6 Å². The highest BCUT2D eigenvalue weighted by molar-refractivity contribution is 6.02. The van der Waals surface area contributed by atoms with Gasteiger partial charge in [0.15, 0.2) is 5.65 Å². The van der Waals surface area contributed by atoms with Crippen molar-refractivity contribution in [2.45, 2.75) is 64.5 Å². The number of rotatable bonds is 5. The van der Waals surface area contributed by atoms with Crippen LogP contribution in [0.4, 0.5) is 15.9 Å². The lowest BCUT2D eigenvalue weighted by atomic mass is 10.0. The van der Waals surface area contributed by atoms with Gasteiger partial charge in [-0.05, 0) is 43.4 Å². The molecule has 4 aromatic rings. The maximum atomic E-state index is 14.9. The van der Waals surface area contributed by atoms with E-state index in [9.17, 15) is 4.39 Å². The van der Waals surface area contributed by atoms with Crippen molar-refractivity contribution in [3.05, 3.63) is 72.3 Å². The summed E-state index contributed by atoms with van der Waals surface area (Å²) in [6.07, 6.45) is 5.75. The summed E-state index contributed by atoms with van der Waals surface area (Å²) in [5, 5.41) is 5.77. The second-order valence-electron chi connectivity index (χ2n) is 10.6. The van der Waals surface area contributed by atoms with E-state index in [2.05, 4.69) is 66.5 Å². The van der Waals surface area contributed by atoms with Crippen molar-refractivity contribution in [1.29, 1.82) is 0 Å². The number of hydrogen-bond donors (Lipinski definition) is 1. The summed E-state index contributed by atoms with van der Waals surface area (Å²) in [4.78, 5) is 16.0. The molecule has 1 saturated carbocycles. The number of anilines is 1. The van der Waals surface area contributed by atoms with Crippen molar-refractivity contribution in [3.8, 4) is 11.3 Å². The van der Waals surface area contributed by atoms with Gasteiger partial charge in [0, 0.05) is 17.3 Å². The van der Waals surface area contributed by atoms with Gasteiger partial charge in [-0.3, -0.25) is 0 Å². The highest BCUT2D eigenvalue weighted by atomic mass is 19.1. The summed E-state index contributed by atoms with van der Waals surface area (Å²) >= 11 is 0. The Morgan fingerprint density at radius 3 is 2.47 bits per heavy atom. The Bertz CT molecular complexity index is 1560. The Balaban J connectivity index is 1.51. The minimum atomic E-state index is -0.316. The smallest absolute Gasteiger partial charge is 0.164 e. The Hall–Kier alpha value is -4.07. The molecule has 2 N–H and O–H groups in total. The molecule has 0 amide bonds. The van der Waals surface area contributed by atoms with Crippen molar-refractivity contribution >= 4 is 34.1 Å².